The monoisotopic (exact) mass is 743 g/mol. The second-order valence-electron chi connectivity index (χ2n) is 14.8. The largest absolute Gasteiger partial charge is 0.456 e. The van der Waals surface area contributed by atoms with Crippen molar-refractivity contribution in [3.8, 4) is 33.4 Å². The molecule has 0 saturated heterocycles. The van der Waals surface area contributed by atoms with E-state index in [1.54, 1.807) is 0 Å². The number of hydrogen-bond acceptors (Lipinski definition) is 4. The molecule has 0 fully saturated rings. The predicted molar refractivity (Wildman–Crippen MR) is 239 cm³/mol. The van der Waals surface area contributed by atoms with E-state index in [0.717, 1.165) is 116 Å². The van der Waals surface area contributed by atoms with Crippen molar-refractivity contribution in [2.45, 2.75) is 0 Å². The maximum Gasteiger partial charge on any atom is 0.159 e. The highest BCUT2D eigenvalue weighted by Gasteiger charge is 2.26. The smallest absolute Gasteiger partial charge is 0.159 e. The summed E-state index contributed by atoms with van der Waals surface area (Å²) in [6, 6.07) is 70.0. The van der Waals surface area contributed by atoms with Crippen LogP contribution in [0, 0.1) is 0 Å². The van der Waals surface area contributed by atoms with Gasteiger partial charge in [-0.15, -0.1) is 0 Å². The first-order chi connectivity index (χ1) is 28.8. The van der Waals surface area contributed by atoms with E-state index in [2.05, 4.69) is 181 Å². The van der Waals surface area contributed by atoms with Gasteiger partial charge in [-0.05, 0) is 88.5 Å². The van der Waals surface area contributed by atoms with Crippen molar-refractivity contribution in [2.75, 3.05) is 4.90 Å². The van der Waals surface area contributed by atoms with Crippen molar-refractivity contribution < 1.29 is 13.3 Å². The van der Waals surface area contributed by atoms with Crippen molar-refractivity contribution in [3.05, 3.63) is 200 Å². The van der Waals surface area contributed by atoms with Gasteiger partial charge in [-0.1, -0.05) is 140 Å². The SMILES string of the molecule is c1ccc(-c2cc(-c3ccccc3)c3c(c2)oc2ccc(N(c4cccc5c4oc4ccccc45)c4ccc(-c5ccccc5)c5oc6ccccc6c45)cc23)cc1. The molecule has 9 aromatic carbocycles. The van der Waals surface area contributed by atoms with Crippen LogP contribution in [0.3, 0.4) is 0 Å². The van der Waals surface area contributed by atoms with Crippen LogP contribution in [0.1, 0.15) is 0 Å². The third kappa shape index (κ3) is 5.02. The molecule has 12 rings (SSSR count). The Morgan fingerprint density at radius 1 is 0.293 bits per heavy atom. The molecule has 0 spiro atoms. The van der Waals surface area contributed by atoms with Crippen LogP contribution in [0.15, 0.2) is 213 Å². The van der Waals surface area contributed by atoms with E-state index in [0.29, 0.717) is 0 Å². The lowest BCUT2D eigenvalue weighted by Crippen LogP contribution is -2.10. The highest BCUT2D eigenvalue weighted by Crippen LogP contribution is 2.50. The maximum absolute atomic E-state index is 6.80. The third-order valence-electron chi connectivity index (χ3n) is 11.5. The Balaban J connectivity index is 1.18. The second-order valence-corrected chi connectivity index (χ2v) is 14.8. The molecule has 0 aliphatic rings. The molecule has 0 N–H and O–H groups in total. The van der Waals surface area contributed by atoms with Crippen LogP contribution >= 0.6 is 0 Å². The average molecular weight is 744 g/mol. The van der Waals surface area contributed by atoms with Gasteiger partial charge in [0.2, 0.25) is 0 Å². The molecule has 0 aliphatic heterocycles. The summed E-state index contributed by atoms with van der Waals surface area (Å²) >= 11 is 0. The summed E-state index contributed by atoms with van der Waals surface area (Å²) in [7, 11) is 0. The van der Waals surface area contributed by atoms with Crippen LogP contribution < -0.4 is 4.90 Å². The molecule has 0 radical (unpaired) electrons. The first-order valence-corrected chi connectivity index (χ1v) is 19.6. The molecule has 0 aliphatic carbocycles. The summed E-state index contributed by atoms with van der Waals surface area (Å²) in [4.78, 5) is 2.34. The van der Waals surface area contributed by atoms with E-state index in [-0.39, 0.29) is 0 Å². The van der Waals surface area contributed by atoms with E-state index in [9.17, 15) is 0 Å². The lowest BCUT2D eigenvalue weighted by atomic mass is 9.94. The van der Waals surface area contributed by atoms with Crippen LogP contribution in [0.4, 0.5) is 17.1 Å². The van der Waals surface area contributed by atoms with E-state index < -0.39 is 0 Å². The van der Waals surface area contributed by atoms with Crippen LogP contribution in [0.5, 0.6) is 0 Å². The molecule has 4 nitrogen and oxygen atoms in total. The highest BCUT2D eigenvalue weighted by molar-refractivity contribution is 6.20. The molecule has 3 heterocycles. The molecule has 0 bridgehead atoms. The molecular weight excluding hydrogens is 711 g/mol. The molecular formula is C54H33NO3. The molecule has 272 valence electrons. The van der Waals surface area contributed by atoms with E-state index in [4.69, 9.17) is 13.3 Å². The lowest BCUT2D eigenvalue weighted by Gasteiger charge is -2.27. The van der Waals surface area contributed by atoms with Crippen molar-refractivity contribution >= 4 is 82.9 Å². The van der Waals surface area contributed by atoms with Gasteiger partial charge in [-0.3, -0.25) is 0 Å². The van der Waals surface area contributed by atoms with Crippen molar-refractivity contribution in [1.82, 2.24) is 0 Å². The van der Waals surface area contributed by atoms with Gasteiger partial charge in [0.05, 0.1) is 16.8 Å². The molecule has 12 aromatic rings. The summed E-state index contributed by atoms with van der Waals surface area (Å²) in [5.74, 6) is 0. The zero-order valence-corrected chi connectivity index (χ0v) is 31.2. The van der Waals surface area contributed by atoms with E-state index in [1.807, 2.05) is 24.3 Å². The zero-order valence-electron chi connectivity index (χ0n) is 31.2. The zero-order chi connectivity index (χ0) is 38.2. The van der Waals surface area contributed by atoms with Gasteiger partial charge in [0.25, 0.3) is 0 Å². The molecule has 0 saturated carbocycles. The molecule has 0 atom stereocenters. The number of hydrogen-bond donors (Lipinski definition) is 0. The third-order valence-corrected chi connectivity index (χ3v) is 11.5. The minimum Gasteiger partial charge on any atom is -0.456 e. The van der Waals surface area contributed by atoms with Gasteiger partial charge in [0.1, 0.15) is 27.9 Å². The van der Waals surface area contributed by atoms with Crippen LogP contribution in [0.25, 0.3) is 99.2 Å². The topological polar surface area (TPSA) is 42.7 Å². The number of rotatable bonds is 6. The number of furan rings is 3. The van der Waals surface area contributed by atoms with Crippen molar-refractivity contribution in [1.29, 1.82) is 0 Å². The molecule has 58 heavy (non-hydrogen) atoms. The van der Waals surface area contributed by atoms with Gasteiger partial charge in [0.15, 0.2) is 5.58 Å². The summed E-state index contributed by atoms with van der Waals surface area (Å²) in [5, 5.41) is 6.31. The van der Waals surface area contributed by atoms with Crippen molar-refractivity contribution in [3.63, 3.8) is 0 Å². The Labute approximate surface area is 333 Å². The second kappa shape index (κ2) is 12.9. The Bertz CT molecular complexity index is 3500. The maximum atomic E-state index is 6.80. The molecule has 4 heteroatoms. The minimum absolute atomic E-state index is 0.811. The molecule has 3 aromatic heterocycles. The Hall–Kier alpha value is -7.82. The number of nitrogens with zero attached hydrogens (tertiary/aromatic N) is 1. The predicted octanol–water partition coefficient (Wildman–Crippen LogP) is 15.9. The van der Waals surface area contributed by atoms with Gasteiger partial charge in [-0.25, -0.2) is 0 Å². The fraction of sp³-hybridized carbons (Fsp3) is 0. The van der Waals surface area contributed by atoms with Gasteiger partial charge in [0, 0.05) is 38.2 Å². The highest BCUT2D eigenvalue weighted by atomic mass is 16.3. The van der Waals surface area contributed by atoms with E-state index >= 15 is 0 Å². The van der Waals surface area contributed by atoms with Gasteiger partial charge < -0.3 is 18.2 Å². The summed E-state index contributed by atoms with van der Waals surface area (Å²) in [6.45, 7) is 0. The summed E-state index contributed by atoms with van der Waals surface area (Å²) in [6.07, 6.45) is 0. The summed E-state index contributed by atoms with van der Waals surface area (Å²) in [5.41, 5.74) is 14.5. The quantitative estimate of drug-likeness (QED) is 0.170. The van der Waals surface area contributed by atoms with Gasteiger partial charge in [-0.2, -0.15) is 0 Å². The number of anilines is 3. The Kier molecular flexibility index (Phi) is 7.20. The van der Waals surface area contributed by atoms with Gasteiger partial charge >= 0.3 is 0 Å². The Morgan fingerprint density at radius 2 is 0.897 bits per heavy atom. The van der Waals surface area contributed by atoms with Crippen LogP contribution in [-0.4, -0.2) is 0 Å². The van der Waals surface area contributed by atoms with E-state index in [1.165, 1.54) is 0 Å². The lowest BCUT2D eigenvalue weighted by molar-refractivity contribution is 0.668. The first-order valence-electron chi connectivity index (χ1n) is 19.6. The number of benzene rings is 9. The molecule has 0 unspecified atom stereocenters. The minimum atomic E-state index is 0.811. The standard InChI is InChI=1S/C54H33NO3/c1-4-15-34(16-5-1)37-31-43(36-19-8-3-9-20-36)51-44-33-38(27-30-49(44)56-50(51)32-37)55(46-24-14-23-41-40-21-10-12-25-47(40)57-53(41)46)45-29-28-39(35-17-6-2-7-18-35)54-52(45)42-22-11-13-26-48(42)58-54/h1-33H. The molecule has 0 amide bonds. The average Bonchev–Trinajstić information content (AvgIpc) is 3.99. The number of para-hydroxylation sites is 3. The fourth-order valence-corrected chi connectivity index (χ4v) is 8.83. The van der Waals surface area contributed by atoms with Crippen LogP contribution in [0.2, 0.25) is 0 Å². The summed E-state index contributed by atoms with van der Waals surface area (Å²) < 4.78 is 20.3. The Morgan fingerprint density at radius 3 is 1.66 bits per heavy atom. The van der Waals surface area contributed by atoms with Crippen molar-refractivity contribution in [2.24, 2.45) is 0 Å². The normalized spacial score (nSPS) is 11.8. The number of fused-ring (bicyclic) bond motifs is 9. The first kappa shape index (κ1) is 32.4. The van der Waals surface area contributed by atoms with Crippen LogP contribution in [-0.2, 0) is 0 Å². The fourth-order valence-electron chi connectivity index (χ4n) is 8.83.